The van der Waals surface area contributed by atoms with Gasteiger partial charge in [0.2, 0.25) is 0 Å². The molecule has 1 aromatic heterocycles. The Bertz CT molecular complexity index is 435. The van der Waals surface area contributed by atoms with Crippen LogP contribution in [0.3, 0.4) is 0 Å². The smallest absolute Gasteiger partial charge is 0.164 e. The van der Waals surface area contributed by atoms with E-state index >= 15 is 0 Å². The van der Waals surface area contributed by atoms with E-state index in [-0.39, 0.29) is 0 Å². The van der Waals surface area contributed by atoms with Gasteiger partial charge in [0.1, 0.15) is 5.69 Å². The number of likely N-dealkylation sites (N-methyl/N-ethyl adjacent to an activating group) is 1. The Balaban J connectivity index is 1.88. The van der Waals surface area contributed by atoms with E-state index in [4.69, 9.17) is 4.74 Å². The fourth-order valence-electron chi connectivity index (χ4n) is 2.03. The summed E-state index contributed by atoms with van der Waals surface area (Å²) in [6, 6.07) is 0.781. The van der Waals surface area contributed by atoms with Gasteiger partial charge in [-0.3, -0.25) is 4.68 Å². The molecule has 1 aliphatic rings. The summed E-state index contributed by atoms with van der Waals surface area (Å²) >= 11 is 0. The number of methoxy groups -OCH3 is 1. The lowest BCUT2D eigenvalue weighted by molar-refractivity contribution is 0.370. The van der Waals surface area contributed by atoms with Crippen LogP contribution in [-0.2, 0) is 6.54 Å². The van der Waals surface area contributed by atoms with Crippen molar-refractivity contribution in [3.63, 3.8) is 0 Å². The van der Waals surface area contributed by atoms with Crippen LogP contribution in [0.4, 0.5) is 0 Å². The third-order valence-corrected chi connectivity index (χ3v) is 3.42. The van der Waals surface area contributed by atoms with E-state index in [1.807, 2.05) is 4.68 Å². The summed E-state index contributed by atoms with van der Waals surface area (Å²) in [4.78, 5) is 2.15. The highest BCUT2D eigenvalue weighted by Gasteiger charge is 2.19. The molecule has 0 aromatic carbocycles. The molecule has 0 spiro atoms. The quantitative estimate of drug-likeness (QED) is 0.697. The highest BCUT2D eigenvalue weighted by Crippen LogP contribution is 2.20. The van der Waals surface area contributed by atoms with E-state index in [1.54, 1.807) is 13.3 Å². The summed E-state index contributed by atoms with van der Waals surface area (Å²) in [5.74, 6) is 0.843. The summed E-state index contributed by atoms with van der Waals surface area (Å²) in [5.41, 5.74) is 1.06. The molecule has 1 saturated carbocycles. The predicted octanol–water partition coefficient (Wildman–Crippen LogP) is 1.61. The molecule has 2 rings (SSSR count). The van der Waals surface area contributed by atoms with Crippen LogP contribution in [0.1, 0.15) is 25.0 Å². The molecule has 1 fully saturated rings. The van der Waals surface area contributed by atoms with E-state index in [2.05, 4.69) is 41.6 Å². The highest BCUT2D eigenvalue weighted by molar-refractivity contribution is 5.52. The van der Waals surface area contributed by atoms with Gasteiger partial charge < -0.3 is 15.0 Å². The zero-order valence-electron chi connectivity index (χ0n) is 12.8. The Morgan fingerprint density at radius 1 is 1.50 bits per heavy atom. The van der Waals surface area contributed by atoms with Crippen molar-refractivity contribution in [1.29, 1.82) is 0 Å². The number of rotatable bonds is 9. The first-order valence-electron chi connectivity index (χ1n) is 7.35. The largest absolute Gasteiger partial charge is 0.493 e. The first kappa shape index (κ1) is 15.1. The van der Waals surface area contributed by atoms with Gasteiger partial charge in [-0.15, -0.1) is 0 Å². The lowest BCUT2D eigenvalue weighted by Crippen LogP contribution is -2.19. The monoisotopic (exact) mass is 278 g/mol. The molecule has 5 heteroatoms. The van der Waals surface area contributed by atoms with E-state index in [0.29, 0.717) is 0 Å². The first-order valence-corrected chi connectivity index (χ1v) is 7.35. The van der Waals surface area contributed by atoms with Crippen LogP contribution >= 0.6 is 0 Å². The summed E-state index contributed by atoms with van der Waals surface area (Å²) in [7, 11) is 5.83. The lowest BCUT2D eigenvalue weighted by Gasteiger charge is -2.11. The Kier molecular flexibility index (Phi) is 5.61. The first-order chi connectivity index (χ1) is 9.70. The second kappa shape index (κ2) is 7.45. The van der Waals surface area contributed by atoms with E-state index in [1.165, 1.54) is 12.8 Å². The standard InChI is InChI=1S/C15H26N4O/c1-18(2)10-11-19-14(15(20-3)12-17-19)6-4-5-9-16-13-7-8-13/h4,6,12-13,16H,5,7-11H2,1-3H3/b6-4+. The van der Waals surface area contributed by atoms with Crippen LogP contribution in [0.25, 0.3) is 6.08 Å². The minimum absolute atomic E-state index is 0.781. The maximum absolute atomic E-state index is 5.37. The topological polar surface area (TPSA) is 42.3 Å². The van der Waals surface area contributed by atoms with Crippen LogP contribution in [0.15, 0.2) is 12.3 Å². The maximum atomic E-state index is 5.37. The third-order valence-electron chi connectivity index (χ3n) is 3.42. The van der Waals surface area contributed by atoms with Gasteiger partial charge in [0.05, 0.1) is 19.9 Å². The van der Waals surface area contributed by atoms with Crippen LogP contribution in [0.2, 0.25) is 0 Å². The summed E-state index contributed by atoms with van der Waals surface area (Å²) in [5, 5.41) is 7.90. The van der Waals surface area contributed by atoms with E-state index in [0.717, 1.165) is 43.5 Å². The van der Waals surface area contributed by atoms with Gasteiger partial charge in [0.15, 0.2) is 5.75 Å². The van der Waals surface area contributed by atoms with E-state index < -0.39 is 0 Å². The maximum Gasteiger partial charge on any atom is 0.164 e. The molecule has 0 amide bonds. The minimum Gasteiger partial charge on any atom is -0.493 e. The lowest BCUT2D eigenvalue weighted by atomic mass is 10.3. The zero-order chi connectivity index (χ0) is 14.4. The van der Waals surface area contributed by atoms with Crippen molar-refractivity contribution in [2.75, 3.05) is 34.3 Å². The van der Waals surface area contributed by atoms with Gasteiger partial charge in [-0.2, -0.15) is 5.10 Å². The Morgan fingerprint density at radius 2 is 2.30 bits per heavy atom. The molecule has 1 heterocycles. The molecular formula is C15H26N4O. The minimum atomic E-state index is 0.781. The van der Waals surface area contributed by atoms with Gasteiger partial charge in [-0.1, -0.05) is 6.08 Å². The Morgan fingerprint density at radius 3 is 2.95 bits per heavy atom. The average molecular weight is 278 g/mol. The van der Waals surface area contributed by atoms with Crippen molar-refractivity contribution >= 4 is 6.08 Å². The van der Waals surface area contributed by atoms with Crippen LogP contribution in [0, 0.1) is 0 Å². The molecular weight excluding hydrogens is 252 g/mol. The van der Waals surface area contributed by atoms with Gasteiger partial charge in [-0.25, -0.2) is 0 Å². The molecule has 0 bridgehead atoms. The number of nitrogens with zero attached hydrogens (tertiary/aromatic N) is 3. The second-order valence-corrected chi connectivity index (χ2v) is 5.54. The Labute approximate surface area is 121 Å². The third kappa shape index (κ3) is 4.65. The van der Waals surface area contributed by atoms with Crippen molar-refractivity contribution in [1.82, 2.24) is 20.0 Å². The molecule has 0 radical (unpaired) electrons. The molecule has 0 saturated heterocycles. The van der Waals surface area contributed by atoms with Crippen LogP contribution < -0.4 is 10.1 Å². The molecule has 1 N–H and O–H groups in total. The normalized spacial score (nSPS) is 15.4. The Hall–Kier alpha value is -1.33. The van der Waals surface area contributed by atoms with Gasteiger partial charge >= 0.3 is 0 Å². The number of hydrogen-bond acceptors (Lipinski definition) is 4. The van der Waals surface area contributed by atoms with Gasteiger partial charge in [0, 0.05) is 12.6 Å². The zero-order valence-corrected chi connectivity index (χ0v) is 12.8. The van der Waals surface area contributed by atoms with E-state index in [9.17, 15) is 0 Å². The second-order valence-electron chi connectivity index (χ2n) is 5.54. The molecule has 1 aromatic rings. The van der Waals surface area contributed by atoms with Crippen molar-refractivity contribution in [2.24, 2.45) is 0 Å². The van der Waals surface area contributed by atoms with Gasteiger partial charge in [-0.05, 0) is 46.0 Å². The molecule has 5 nitrogen and oxygen atoms in total. The van der Waals surface area contributed by atoms with Crippen molar-refractivity contribution in [2.45, 2.75) is 31.8 Å². The average Bonchev–Trinajstić information content (AvgIpc) is 3.16. The summed E-state index contributed by atoms with van der Waals surface area (Å²) < 4.78 is 7.38. The van der Waals surface area contributed by atoms with Crippen molar-refractivity contribution < 1.29 is 4.74 Å². The van der Waals surface area contributed by atoms with Crippen molar-refractivity contribution in [3.05, 3.63) is 18.0 Å². The highest BCUT2D eigenvalue weighted by atomic mass is 16.5. The molecule has 20 heavy (non-hydrogen) atoms. The molecule has 0 unspecified atom stereocenters. The molecule has 0 aliphatic heterocycles. The number of hydrogen-bond donors (Lipinski definition) is 1. The molecule has 0 atom stereocenters. The summed E-state index contributed by atoms with van der Waals surface area (Å²) in [6.45, 7) is 2.89. The van der Waals surface area contributed by atoms with Crippen LogP contribution in [-0.4, -0.2) is 55.0 Å². The molecule has 1 aliphatic carbocycles. The van der Waals surface area contributed by atoms with Crippen LogP contribution in [0.5, 0.6) is 5.75 Å². The van der Waals surface area contributed by atoms with Gasteiger partial charge in [0.25, 0.3) is 0 Å². The SMILES string of the molecule is COc1cnn(CCN(C)C)c1/C=C/CCNC1CC1. The molecule has 112 valence electrons. The fraction of sp³-hybridized carbons (Fsp3) is 0.667. The summed E-state index contributed by atoms with van der Waals surface area (Å²) in [6.07, 6.45) is 9.83. The fourth-order valence-corrected chi connectivity index (χ4v) is 2.03. The number of ether oxygens (including phenoxy) is 1. The number of nitrogens with one attached hydrogen (secondary N) is 1. The predicted molar refractivity (Wildman–Crippen MR) is 82.0 cm³/mol. The van der Waals surface area contributed by atoms with Crippen molar-refractivity contribution in [3.8, 4) is 5.75 Å². The number of aromatic nitrogens is 2.